The Hall–Kier alpha value is -1.82. The molecular formula is C16H22N2O. The van der Waals surface area contributed by atoms with Crippen molar-refractivity contribution >= 4 is 5.91 Å². The lowest BCUT2D eigenvalue weighted by molar-refractivity contribution is -0.131. The highest BCUT2D eigenvalue weighted by Crippen LogP contribution is 2.31. The second kappa shape index (κ2) is 6.94. The summed E-state index contributed by atoms with van der Waals surface area (Å²) < 4.78 is 0. The van der Waals surface area contributed by atoms with Crippen molar-refractivity contribution in [3.8, 4) is 6.07 Å². The van der Waals surface area contributed by atoms with Gasteiger partial charge in [-0.05, 0) is 12.0 Å². The lowest BCUT2D eigenvalue weighted by atomic mass is 9.77. The SMILES string of the molecule is CC[C@@](C)(CC(=O)N(C)CCC#N)c1ccccc1. The first kappa shape index (κ1) is 15.2. The van der Waals surface area contributed by atoms with Crippen molar-refractivity contribution in [3.05, 3.63) is 35.9 Å². The normalized spacial score (nSPS) is 13.4. The minimum atomic E-state index is -0.140. The second-order valence-corrected chi connectivity index (χ2v) is 5.18. The summed E-state index contributed by atoms with van der Waals surface area (Å²) in [7, 11) is 1.76. The van der Waals surface area contributed by atoms with Crippen LogP contribution in [0.4, 0.5) is 0 Å². The van der Waals surface area contributed by atoms with Gasteiger partial charge in [0.1, 0.15) is 0 Å². The molecule has 0 heterocycles. The number of benzene rings is 1. The zero-order valence-electron chi connectivity index (χ0n) is 12.0. The van der Waals surface area contributed by atoms with Gasteiger partial charge in [-0.3, -0.25) is 4.79 Å². The van der Waals surface area contributed by atoms with Crippen LogP contribution in [0.1, 0.15) is 38.7 Å². The molecule has 1 aromatic carbocycles. The zero-order chi connectivity index (χ0) is 14.3. The molecule has 0 aromatic heterocycles. The van der Waals surface area contributed by atoms with Crippen LogP contribution in [0.3, 0.4) is 0 Å². The van der Waals surface area contributed by atoms with E-state index in [4.69, 9.17) is 5.26 Å². The molecule has 3 nitrogen and oxygen atoms in total. The highest BCUT2D eigenvalue weighted by atomic mass is 16.2. The molecule has 1 rings (SSSR count). The summed E-state index contributed by atoms with van der Waals surface area (Å²) in [5, 5.41) is 8.57. The van der Waals surface area contributed by atoms with Crippen LogP contribution in [0.15, 0.2) is 30.3 Å². The molecule has 0 fully saturated rings. The minimum Gasteiger partial charge on any atom is -0.345 e. The molecule has 0 aliphatic rings. The van der Waals surface area contributed by atoms with Gasteiger partial charge in [-0.1, -0.05) is 44.2 Å². The number of hydrogen-bond donors (Lipinski definition) is 0. The maximum Gasteiger partial charge on any atom is 0.223 e. The Balaban J connectivity index is 2.77. The van der Waals surface area contributed by atoms with Crippen LogP contribution in [0.2, 0.25) is 0 Å². The highest BCUT2D eigenvalue weighted by molar-refractivity contribution is 5.77. The van der Waals surface area contributed by atoms with Gasteiger partial charge >= 0.3 is 0 Å². The van der Waals surface area contributed by atoms with E-state index in [2.05, 4.69) is 32.0 Å². The lowest BCUT2D eigenvalue weighted by Crippen LogP contribution is -2.34. The predicted molar refractivity (Wildman–Crippen MR) is 76.6 cm³/mol. The van der Waals surface area contributed by atoms with E-state index in [1.807, 2.05) is 18.2 Å². The summed E-state index contributed by atoms with van der Waals surface area (Å²) in [5.41, 5.74) is 1.05. The van der Waals surface area contributed by atoms with Gasteiger partial charge in [0, 0.05) is 25.4 Å². The Kier molecular flexibility index (Phi) is 5.57. The van der Waals surface area contributed by atoms with Crippen LogP contribution >= 0.6 is 0 Å². The summed E-state index contributed by atoms with van der Waals surface area (Å²) in [6.07, 6.45) is 1.78. The predicted octanol–water partition coefficient (Wildman–Crippen LogP) is 3.12. The molecule has 0 saturated carbocycles. The van der Waals surface area contributed by atoms with Gasteiger partial charge in [-0.25, -0.2) is 0 Å². The van der Waals surface area contributed by atoms with Gasteiger partial charge in [0.2, 0.25) is 5.91 Å². The second-order valence-electron chi connectivity index (χ2n) is 5.18. The van der Waals surface area contributed by atoms with Crippen LogP contribution < -0.4 is 0 Å². The number of carbonyl (C=O) groups excluding carboxylic acids is 1. The van der Waals surface area contributed by atoms with E-state index in [1.165, 1.54) is 5.56 Å². The van der Waals surface area contributed by atoms with E-state index in [0.29, 0.717) is 19.4 Å². The highest BCUT2D eigenvalue weighted by Gasteiger charge is 2.28. The van der Waals surface area contributed by atoms with E-state index in [-0.39, 0.29) is 11.3 Å². The Morgan fingerprint density at radius 1 is 1.37 bits per heavy atom. The fourth-order valence-electron chi connectivity index (χ4n) is 2.08. The Bertz CT molecular complexity index is 450. The number of rotatable bonds is 6. The number of amides is 1. The maximum absolute atomic E-state index is 12.2. The van der Waals surface area contributed by atoms with Crippen LogP contribution in [0, 0.1) is 11.3 Å². The molecule has 0 unspecified atom stereocenters. The molecule has 0 aliphatic heterocycles. The topological polar surface area (TPSA) is 44.1 Å². The number of hydrogen-bond acceptors (Lipinski definition) is 2. The summed E-state index contributed by atoms with van der Waals surface area (Å²) in [6, 6.07) is 12.2. The van der Waals surface area contributed by atoms with E-state index in [1.54, 1.807) is 11.9 Å². The van der Waals surface area contributed by atoms with E-state index in [9.17, 15) is 4.79 Å². The van der Waals surface area contributed by atoms with Gasteiger partial charge in [0.25, 0.3) is 0 Å². The molecule has 1 amide bonds. The third kappa shape index (κ3) is 4.10. The first-order valence-corrected chi connectivity index (χ1v) is 6.70. The summed E-state index contributed by atoms with van der Waals surface area (Å²) in [4.78, 5) is 13.9. The molecule has 1 aromatic rings. The largest absolute Gasteiger partial charge is 0.345 e. The first-order chi connectivity index (χ1) is 9.03. The zero-order valence-corrected chi connectivity index (χ0v) is 12.0. The van der Waals surface area contributed by atoms with Crippen molar-refractivity contribution in [1.82, 2.24) is 4.90 Å². The molecule has 0 saturated heterocycles. The van der Waals surface area contributed by atoms with Gasteiger partial charge in [0.15, 0.2) is 0 Å². The van der Waals surface area contributed by atoms with Crippen molar-refractivity contribution in [3.63, 3.8) is 0 Å². The summed E-state index contributed by atoms with van der Waals surface area (Å²) >= 11 is 0. The molecule has 0 radical (unpaired) electrons. The van der Waals surface area contributed by atoms with Crippen LogP contribution in [-0.4, -0.2) is 24.4 Å². The average molecular weight is 258 g/mol. The van der Waals surface area contributed by atoms with Crippen molar-refractivity contribution in [2.24, 2.45) is 0 Å². The minimum absolute atomic E-state index is 0.100. The first-order valence-electron chi connectivity index (χ1n) is 6.70. The summed E-state index contributed by atoms with van der Waals surface area (Å²) in [6.45, 7) is 4.73. The van der Waals surface area contributed by atoms with Crippen molar-refractivity contribution < 1.29 is 4.79 Å². The Labute approximate surface area is 115 Å². The number of carbonyl (C=O) groups is 1. The third-order valence-corrected chi connectivity index (χ3v) is 3.78. The van der Waals surface area contributed by atoms with Gasteiger partial charge in [0.05, 0.1) is 12.5 Å². The quantitative estimate of drug-likeness (QED) is 0.787. The Morgan fingerprint density at radius 3 is 2.53 bits per heavy atom. The van der Waals surface area contributed by atoms with E-state index < -0.39 is 0 Å². The fraction of sp³-hybridized carbons (Fsp3) is 0.500. The molecule has 0 N–H and O–H groups in total. The molecule has 1 atom stereocenters. The number of nitriles is 1. The van der Waals surface area contributed by atoms with Crippen LogP contribution in [0.5, 0.6) is 0 Å². The third-order valence-electron chi connectivity index (χ3n) is 3.78. The van der Waals surface area contributed by atoms with Gasteiger partial charge < -0.3 is 4.90 Å². The fourth-order valence-corrected chi connectivity index (χ4v) is 2.08. The Morgan fingerprint density at radius 2 is 2.00 bits per heavy atom. The molecule has 19 heavy (non-hydrogen) atoms. The van der Waals surface area contributed by atoms with Crippen molar-refractivity contribution in [2.45, 2.75) is 38.5 Å². The monoisotopic (exact) mass is 258 g/mol. The van der Waals surface area contributed by atoms with Crippen molar-refractivity contribution in [1.29, 1.82) is 5.26 Å². The standard InChI is InChI=1S/C16H22N2O/c1-4-16(2,14-9-6-5-7-10-14)13-15(19)18(3)12-8-11-17/h5-7,9-10H,4,8,12-13H2,1-3H3/t16-/m0/s1. The molecule has 0 bridgehead atoms. The van der Waals surface area contributed by atoms with E-state index in [0.717, 1.165) is 6.42 Å². The molecular weight excluding hydrogens is 236 g/mol. The van der Waals surface area contributed by atoms with E-state index >= 15 is 0 Å². The van der Waals surface area contributed by atoms with Crippen LogP contribution in [0.25, 0.3) is 0 Å². The maximum atomic E-state index is 12.2. The van der Waals surface area contributed by atoms with Gasteiger partial charge in [-0.15, -0.1) is 0 Å². The van der Waals surface area contributed by atoms with Crippen molar-refractivity contribution in [2.75, 3.05) is 13.6 Å². The lowest BCUT2D eigenvalue weighted by Gasteiger charge is -2.30. The van der Waals surface area contributed by atoms with Gasteiger partial charge in [-0.2, -0.15) is 5.26 Å². The molecule has 102 valence electrons. The van der Waals surface area contributed by atoms with Crippen LogP contribution in [-0.2, 0) is 10.2 Å². The number of nitrogens with zero attached hydrogens (tertiary/aromatic N) is 2. The molecule has 3 heteroatoms. The molecule has 0 spiro atoms. The summed E-state index contributed by atoms with van der Waals surface area (Å²) in [5.74, 6) is 0.100. The molecule has 0 aliphatic carbocycles. The smallest absolute Gasteiger partial charge is 0.223 e. The average Bonchev–Trinajstić information content (AvgIpc) is 2.45.